The number of hydrogen-bond acceptors (Lipinski definition) is 5. The summed E-state index contributed by atoms with van der Waals surface area (Å²) in [5.74, 6) is -1.33. The van der Waals surface area contributed by atoms with Gasteiger partial charge in [0.1, 0.15) is 23.1 Å². The third-order valence-corrected chi connectivity index (χ3v) is 1.80. The van der Waals surface area contributed by atoms with Gasteiger partial charge in [0.25, 0.3) is 6.43 Å². The number of rotatable bonds is 2. The highest BCUT2D eigenvalue weighted by atomic mass is 19.3. The predicted molar refractivity (Wildman–Crippen MR) is 49.7 cm³/mol. The van der Waals surface area contributed by atoms with Crippen molar-refractivity contribution in [2.24, 2.45) is 0 Å². The third kappa shape index (κ3) is 2.06. The van der Waals surface area contributed by atoms with Gasteiger partial charge in [-0.3, -0.25) is 0 Å². The van der Waals surface area contributed by atoms with E-state index in [1.165, 1.54) is 0 Å². The lowest BCUT2D eigenvalue weighted by atomic mass is 10.1. The van der Waals surface area contributed by atoms with Gasteiger partial charge in [-0.25, -0.2) is 18.6 Å². The van der Waals surface area contributed by atoms with Gasteiger partial charge >= 0.3 is 5.97 Å². The topological polar surface area (TPSA) is 89.0 Å². The van der Waals surface area contributed by atoms with Gasteiger partial charge in [0.05, 0.1) is 12.7 Å². The maximum absolute atomic E-state index is 12.3. The summed E-state index contributed by atoms with van der Waals surface area (Å²) in [6.45, 7) is 0. The molecule has 0 saturated heterocycles. The van der Waals surface area contributed by atoms with Gasteiger partial charge in [-0.05, 0) is 6.07 Å². The summed E-state index contributed by atoms with van der Waals surface area (Å²) >= 11 is 0. The standard InChI is InChI=1S/C9H7F2N3O2/c1-16-9(15)6-4(3-12)2-5(7(10)11)14-8(6)13/h2,7H,1H3,(H2,13,14). The maximum Gasteiger partial charge on any atom is 0.342 e. The van der Waals surface area contributed by atoms with Crippen LogP contribution in [0.1, 0.15) is 28.0 Å². The highest BCUT2D eigenvalue weighted by Crippen LogP contribution is 2.23. The molecule has 1 heterocycles. The lowest BCUT2D eigenvalue weighted by molar-refractivity contribution is 0.0600. The number of esters is 1. The van der Waals surface area contributed by atoms with E-state index < -0.39 is 23.9 Å². The Labute approximate surface area is 89.4 Å². The fourth-order valence-electron chi connectivity index (χ4n) is 1.10. The van der Waals surface area contributed by atoms with Crippen LogP contribution >= 0.6 is 0 Å². The molecule has 0 bridgehead atoms. The smallest absolute Gasteiger partial charge is 0.342 e. The van der Waals surface area contributed by atoms with Crippen LogP contribution in [0.5, 0.6) is 0 Å². The lowest BCUT2D eigenvalue weighted by Gasteiger charge is -2.07. The first-order valence-electron chi connectivity index (χ1n) is 4.08. The van der Waals surface area contributed by atoms with E-state index in [1.54, 1.807) is 6.07 Å². The zero-order valence-electron chi connectivity index (χ0n) is 8.20. The minimum Gasteiger partial charge on any atom is -0.465 e. The quantitative estimate of drug-likeness (QED) is 0.768. The van der Waals surface area contributed by atoms with Crippen molar-refractivity contribution in [2.45, 2.75) is 6.43 Å². The molecule has 0 aromatic carbocycles. The number of anilines is 1. The van der Waals surface area contributed by atoms with Gasteiger partial charge in [0.15, 0.2) is 0 Å². The number of alkyl halides is 2. The van der Waals surface area contributed by atoms with Crippen LogP contribution in [0.25, 0.3) is 0 Å². The molecule has 0 spiro atoms. The Morgan fingerprint density at radius 2 is 2.31 bits per heavy atom. The van der Waals surface area contributed by atoms with Gasteiger partial charge in [0, 0.05) is 0 Å². The van der Waals surface area contributed by atoms with Crippen LogP contribution in [0.4, 0.5) is 14.6 Å². The first-order valence-corrected chi connectivity index (χ1v) is 4.08. The molecule has 84 valence electrons. The van der Waals surface area contributed by atoms with Crippen molar-refractivity contribution >= 4 is 11.8 Å². The molecule has 0 atom stereocenters. The Kier molecular flexibility index (Phi) is 3.35. The molecule has 0 unspecified atom stereocenters. The lowest BCUT2D eigenvalue weighted by Crippen LogP contribution is -2.11. The van der Waals surface area contributed by atoms with Crippen LogP contribution in [-0.2, 0) is 4.74 Å². The van der Waals surface area contributed by atoms with E-state index in [2.05, 4.69) is 9.72 Å². The molecule has 5 nitrogen and oxygen atoms in total. The second kappa shape index (κ2) is 4.53. The molecule has 0 aliphatic heterocycles. The molecule has 7 heteroatoms. The minimum absolute atomic E-state index is 0.283. The zero-order valence-corrected chi connectivity index (χ0v) is 8.20. The van der Waals surface area contributed by atoms with E-state index in [0.29, 0.717) is 0 Å². The Bertz CT molecular complexity index is 469. The molecule has 0 aliphatic rings. The van der Waals surface area contributed by atoms with E-state index in [0.717, 1.165) is 13.2 Å². The fourth-order valence-corrected chi connectivity index (χ4v) is 1.10. The number of nitrogens with zero attached hydrogens (tertiary/aromatic N) is 2. The van der Waals surface area contributed by atoms with E-state index in [1.807, 2.05) is 0 Å². The van der Waals surface area contributed by atoms with Crippen LogP contribution in [0, 0.1) is 11.3 Å². The molecule has 0 amide bonds. The number of ether oxygens (including phenoxy) is 1. The molecular weight excluding hydrogens is 220 g/mol. The van der Waals surface area contributed by atoms with Crippen LogP contribution in [0.2, 0.25) is 0 Å². The summed E-state index contributed by atoms with van der Waals surface area (Å²) in [5, 5.41) is 8.71. The number of nitriles is 1. The fraction of sp³-hybridized carbons (Fsp3) is 0.222. The molecule has 0 radical (unpaired) electrons. The van der Waals surface area contributed by atoms with Crippen LogP contribution in [-0.4, -0.2) is 18.1 Å². The average Bonchev–Trinajstić information content (AvgIpc) is 2.26. The van der Waals surface area contributed by atoms with Gasteiger partial charge in [0.2, 0.25) is 0 Å². The Balaban J connectivity index is 3.42. The third-order valence-electron chi connectivity index (χ3n) is 1.80. The summed E-state index contributed by atoms with van der Waals surface area (Å²) in [4.78, 5) is 14.5. The number of aromatic nitrogens is 1. The van der Waals surface area contributed by atoms with Crippen molar-refractivity contribution < 1.29 is 18.3 Å². The number of nitrogen functional groups attached to an aromatic ring is 1. The zero-order chi connectivity index (χ0) is 12.3. The molecule has 16 heavy (non-hydrogen) atoms. The summed E-state index contributed by atoms with van der Waals surface area (Å²) in [6.07, 6.45) is -2.86. The number of carbonyl (C=O) groups excluding carboxylic acids is 1. The Hall–Kier alpha value is -2.23. The summed E-state index contributed by atoms with van der Waals surface area (Å²) in [6, 6.07) is 2.41. The monoisotopic (exact) mass is 227 g/mol. The van der Waals surface area contributed by atoms with Crippen molar-refractivity contribution in [2.75, 3.05) is 12.8 Å². The van der Waals surface area contributed by atoms with E-state index >= 15 is 0 Å². The Morgan fingerprint density at radius 3 is 2.75 bits per heavy atom. The van der Waals surface area contributed by atoms with Crippen molar-refractivity contribution in [3.05, 3.63) is 22.9 Å². The molecule has 1 aromatic rings. The van der Waals surface area contributed by atoms with Gasteiger partial charge in [-0.2, -0.15) is 5.26 Å². The number of halogens is 2. The largest absolute Gasteiger partial charge is 0.465 e. The van der Waals surface area contributed by atoms with Crippen LogP contribution < -0.4 is 5.73 Å². The summed E-state index contributed by atoms with van der Waals surface area (Å²) < 4.78 is 29.0. The average molecular weight is 227 g/mol. The highest BCUT2D eigenvalue weighted by molar-refractivity contribution is 5.96. The molecule has 0 saturated carbocycles. The highest BCUT2D eigenvalue weighted by Gasteiger charge is 2.21. The van der Waals surface area contributed by atoms with Crippen molar-refractivity contribution in [3.63, 3.8) is 0 Å². The second-order valence-corrected chi connectivity index (χ2v) is 2.76. The SMILES string of the molecule is COC(=O)c1c(C#N)cc(C(F)F)nc1N. The molecule has 1 aromatic heterocycles. The van der Waals surface area contributed by atoms with Crippen molar-refractivity contribution in [3.8, 4) is 6.07 Å². The van der Waals surface area contributed by atoms with Crippen molar-refractivity contribution in [1.82, 2.24) is 4.98 Å². The van der Waals surface area contributed by atoms with Gasteiger partial charge in [-0.1, -0.05) is 0 Å². The van der Waals surface area contributed by atoms with E-state index in [-0.39, 0.29) is 11.1 Å². The van der Waals surface area contributed by atoms with E-state index in [4.69, 9.17) is 11.0 Å². The van der Waals surface area contributed by atoms with E-state index in [9.17, 15) is 13.6 Å². The first kappa shape index (κ1) is 11.8. The van der Waals surface area contributed by atoms with Gasteiger partial charge < -0.3 is 10.5 Å². The van der Waals surface area contributed by atoms with Crippen LogP contribution in [0.3, 0.4) is 0 Å². The Morgan fingerprint density at radius 1 is 1.69 bits per heavy atom. The predicted octanol–water partition coefficient (Wildman–Crippen LogP) is 1.26. The minimum atomic E-state index is -2.86. The molecular formula is C9H7F2N3O2. The number of carbonyl (C=O) groups is 1. The number of methoxy groups -OCH3 is 1. The maximum atomic E-state index is 12.3. The normalized spacial score (nSPS) is 9.94. The molecule has 1 rings (SSSR count). The summed E-state index contributed by atoms with van der Waals surface area (Å²) in [7, 11) is 1.09. The molecule has 2 N–H and O–H groups in total. The number of nitrogens with two attached hydrogens (primary N) is 1. The van der Waals surface area contributed by atoms with Crippen LogP contribution in [0.15, 0.2) is 6.07 Å². The first-order chi connectivity index (χ1) is 7.51. The second-order valence-electron chi connectivity index (χ2n) is 2.76. The van der Waals surface area contributed by atoms with Crippen molar-refractivity contribution in [1.29, 1.82) is 5.26 Å². The number of pyridine rings is 1. The molecule has 0 aliphatic carbocycles. The number of hydrogen-bond donors (Lipinski definition) is 1. The van der Waals surface area contributed by atoms with Gasteiger partial charge in [-0.15, -0.1) is 0 Å². The molecule has 0 fully saturated rings. The summed E-state index contributed by atoms with van der Waals surface area (Å²) in [5.41, 5.74) is 4.08.